The highest BCUT2D eigenvalue weighted by molar-refractivity contribution is 4.72. The van der Waals surface area contributed by atoms with Gasteiger partial charge in [0.15, 0.2) is 0 Å². The highest BCUT2D eigenvalue weighted by Gasteiger charge is 2.20. The molecular weight excluding hydrogens is 360 g/mol. The average molecular weight is 421 g/mol. The summed E-state index contributed by atoms with van der Waals surface area (Å²) in [5.41, 5.74) is 0. The van der Waals surface area contributed by atoms with Crippen LogP contribution in [0.4, 0.5) is 0 Å². The third-order valence-electron chi connectivity index (χ3n) is 9.09. The lowest BCUT2D eigenvalue weighted by atomic mass is 9.77. The van der Waals surface area contributed by atoms with E-state index in [4.69, 9.17) is 0 Å². The van der Waals surface area contributed by atoms with Crippen LogP contribution >= 0.6 is 0 Å². The monoisotopic (exact) mass is 420 g/mol. The summed E-state index contributed by atoms with van der Waals surface area (Å²) in [5.74, 6) is 8.14. The second kappa shape index (κ2) is 15.7. The van der Waals surface area contributed by atoms with Crippen LogP contribution in [0.5, 0.6) is 0 Å². The second-order valence-corrected chi connectivity index (χ2v) is 12.5. The van der Waals surface area contributed by atoms with Crippen molar-refractivity contribution < 1.29 is 0 Å². The van der Waals surface area contributed by atoms with Crippen molar-refractivity contribution in [1.29, 1.82) is 0 Å². The van der Waals surface area contributed by atoms with Gasteiger partial charge in [-0.3, -0.25) is 0 Å². The maximum atomic E-state index is 2.38. The molecule has 6 unspecified atom stereocenters. The van der Waals surface area contributed by atoms with Crippen molar-refractivity contribution in [1.82, 2.24) is 0 Å². The van der Waals surface area contributed by atoms with Gasteiger partial charge in [-0.2, -0.15) is 0 Å². The molecule has 0 heteroatoms. The lowest BCUT2D eigenvalue weighted by Gasteiger charge is -2.29. The van der Waals surface area contributed by atoms with E-state index < -0.39 is 0 Å². The van der Waals surface area contributed by atoms with Crippen LogP contribution in [0.15, 0.2) is 0 Å². The summed E-state index contributed by atoms with van der Waals surface area (Å²) in [7, 11) is 0. The van der Waals surface area contributed by atoms with E-state index in [0.717, 1.165) is 47.3 Å². The predicted octanol–water partition coefficient (Wildman–Crippen LogP) is 10.6. The van der Waals surface area contributed by atoms with Crippen molar-refractivity contribution in [2.24, 2.45) is 47.3 Å². The highest BCUT2D eigenvalue weighted by atomic mass is 14.3. The summed E-state index contributed by atoms with van der Waals surface area (Å²) in [6.07, 6.45) is 20.6. The molecule has 0 spiro atoms. The Bertz CT molecular complexity index is 355. The largest absolute Gasteiger partial charge is 0.0625 e. The van der Waals surface area contributed by atoms with Crippen molar-refractivity contribution in [3.63, 3.8) is 0 Å². The molecular formula is C30H60. The fraction of sp³-hybridized carbons (Fsp3) is 1.00. The van der Waals surface area contributed by atoms with Crippen LogP contribution < -0.4 is 0 Å². The predicted molar refractivity (Wildman–Crippen MR) is 138 cm³/mol. The summed E-state index contributed by atoms with van der Waals surface area (Å²) >= 11 is 0. The quantitative estimate of drug-likeness (QED) is 0.365. The molecule has 0 aliphatic heterocycles. The molecule has 0 heterocycles. The molecule has 0 nitrogen and oxygen atoms in total. The topological polar surface area (TPSA) is 0 Å². The molecule has 0 amide bonds. The first-order chi connectivity index (χ1) is 14.2. The standard InChI is InChI=1S/3C8H16.C6H12/c1-7-3-5-8(2)6-4-7;1-7-4-3-5-8(2)6-7;1-7-5-3-4-6-8(7)2;1-5-3-4-6(5)2/h3*7-8H,3-6H2,1-2H3;5-6H,3-4H2,1-2H3. The van der Waals surface area contributed by atoms with E-state index in [-0.39, 0.29) is 0 Å². The van der Waals surface area contributed by atoms with E-state index in [2.05, 4.69) is 55.4 Å². The summed E-state index contributed by atoms with van der Waals surface area (Å²) < 4.78 is 0. The molecule has 0 aromatic rings. The molecule has 0 N–H and O–H groups in total. The van der Waals surface area contributed by atoms with Gasteiger partial charge in [-0.25, -0.2) is 0 Å². The Morgan fingerprint density at radius 2 is 0.633 bits per heavy atom. The maximum Gasteiger partial charge on any atom is -0.0417 e. The zero-order chi connectivity index (χ0) is 22.5. The second-order valence-electron chi connectivity index (χ2n) is 12.5. The SMILES string of the molecule is CC1CCC(C)CC1.CC1CCC1C.CC1CCCC(C)C1.CC1CCCCC1C. The molecule has 0 aromatic carbocycles. The van der Waals surface area contributed by atoms with Crippen LogP contribution in [0.25, 0.3) is 0 Å². The third kappa shape index (κ3) is 12.8. The molecule has 4 saturated carbocycles. The maximum absolute atomic E-state index is 2.38. The molecule has 0 bridgehead atoms. The van der Waals surface area contributed by atoms with Crippen molar-refractivity contribution in [2.75, 3.05) is 0 Å². The molecule has 30 heavy (non-hydrogen) atoms. The average Bonchev–Trinajstić information content (AvgIpc) is 2.72. The smallest absolute Gasteiger partial charge is 0.0417 e. The van der Waals surface area contributed by atoms with E-state index in [9.17, 15) is 0 Å². The van der Waals surface area contributed by atoms with Crippen molar-refractivity contribution in [3.8, 4) is 0 Å². The Kier molecular flexibility index (Phi) is 14.7. The summed E-state index contributed by atoms with van der Waals surface area (Å²) in [5, 5.41) is 0. The van der Waals surface area contributed by atoms with E-state index in [0.29, 0.717) is 0 Å². The Balaban J connectivity index is 0.000000201. The van der Waals surface area contributed by atoms with Crippen molar-refractivity contribution in [2.45, 2.75) is 145 Å². The van der Waals surface area contributed by atoms with Gasteiger partial charge >= 0.3 is 0 Å². The molecule has 4 fully saturated rings. The van der Waals surface area contributed by atoms with Crippen LogP contribution in [0.2, 0.25) is 0 Å². The first kappa shape index (κ1) is 28.0. The zero-order valence-electron chi connectivity index (χ0n) is 22.5. The van der Waals surface area contributed by atoms with Gasteiger partial charge in [0, 0.05) is 0 Å². The molecule has 4 aliphatic rings. The van der Waals surface area contributed by atoms with E-state index >= 15 is 0 Å². The van der Waals surface area contributed by atoms with Gasteiger partial charge in [0.2, 0.25) is 0 Å². The third-order valence-corrected chi connectivity index (χ3v) is 9.09. The van der Waals surface area contributed by atoms with Crippen LogP contribution in [0.3, 0.4) is 0 Å². The summed E-state index contributed by atoms with van der Waals surface area (Å²) in [6.45, 7) is 18.9. The van der Waals surface area contributed by atoms with E-state index in [1.807, 2.05) is 0 Å². The minimum atomic E-state index is 1.00. The number of hydrogen-bond acceptors (Lipinski definition) is 0. The van der Waals surface area contributed by atoms with Crippen LogP contribution in [0, 0.1) is 47.3 Å². The minimum absolute atomic E-state index is 1.00. The van der Waals surface area contributed by atoms with Crippen molar-refractivity contribution >= 4 is 0 Å². The van der Waals surface area contributed by atoms with Crippen molar-refractivity contribution in [3.05, 3.63) is 0 Å². The number of hydrogen-bond donors (Lipinski definition) is 0. The van der Waals surface area contributed by atoms with Gasteiger partial charge in [-0.05, 0) is 53.8 Å². The van der Waals surface area contributed by atoms with Crippen LogP contribution in [-0.2, 0) is 0 Å². The molecule has 6 atom stereocenters. The Labute approximate surface area is 192 Å². The molecule has 0 radical (unpaired) electrons. The zero-order valence-corrected chi connectivity index (χ0v) is 22.5. The normalized spacial score (nSPS) is 40.8. The first-order valence-electron chi connectivity index (χ1n) is 14.2. The summed E-state index contributed by atoms with van der Waals surface area (Å²) in [4.78, 5) is 0. The minimum Gasteiger partial charge on any atom is -0.0625 e. The fourth-order valence-corrected chi connectivity index (χ4v) is 5.50. The van der Waals surface area contributed by atoms with Gasteiger partial charge in [-0.15, -0.1) is 0 Å². The van der Waals surface area contributed by atoms with Gasteiger partial charge in [-0.1, -0.05) is 139 Å². The Hall–Kier alpha value is 0. The fourth-order valence-electron chi connectivity index (χ4n) is 5.50. The lowest BCUT2D eigenvalue weighted by molar-refractivity contribution is 0.219. The van der Waals surface area contributed by atoms with Gasteiger partial charge in [0.05, 0.1) is 0 Å². The molecule has 4 rings (SSSR count). The molecule has 0 saturated heterocycles. The Morgan fingerprint density at radius 1 is 0.300 bits per heavy atom. The van der Waals surface area contributed by atoms with Gasteiger partial charge in [0.25, 0.3) is 0 Å². The van der Waals surface area contributed by atoms with Gasteiger partial charge < -0.3 is 0 Å². The Morgan fingerprint density at radius 3 is 0.833 bits per heavy atom. The summed E-state index contributed by atoms with van der Waals surface area (Å²) in [6, 6.07) is 0. The molecule has 4 aliphatic carbocycles. The van der Waals surface area contributed by atoms with Crippen LogP contribution in [-0.4, -0.2) is 0 Å². The first-order valence-corrected chi connectivity index (χ1v) is 14.2. The molecule has 180 valence electrons. The van der Waals surface area contributed by atoms with Crippen LogP contribution in [0.1, 0.15) is 145 Å². The lowest BCUT2D eigenvalue weighted by Crippen LogP contribution is -2.18. The van der Waals surface area contributed by atoms with Gasteiger partial charge in [0.1, 0.15) is 0 Å². The highest BCUT2D eigenvalue weighted by Crippen LogP contribution is 2.32. The van der Waals surface area contributed by atoms with E-state index in [1.54, 1.807) is 0 Å². The van der Waals surface area contributed by atoms with E-state index in [1.165, 1.54) is 89.9 Å². The molecule has 0 aromatic heterocycles. The number of rotatable bonds is 0.